The zero-order chi connectivity index (χ0) is 14.5. The summed E-state index contributed by atoms with van der Waals surface area (Å²) in [7, 11) is 0. The van der Waals surface area contributed by atoms with E-state index in [0.29, 0.717) is 12.8 Å². The van der Waals surface area contributed by atoms with E-state index in [0.717, 1.165) is 12.8 Å². The fourth-order valence-electron chi connectivity index (χ4n) is 2.73. The summed E-state index contributed by atoms with van der Waals surface area (Å²) in [6, 6.07) is 0. The van der Waals surface area contributed by atoms with Crippen LogP contribution in [0.15, 0.2) is 0 Å². The second-order valence-electron chi connectivity index (χ2n) is 5.10. The number of hydrogen-bond acceptors (Lipinski definition) is 5. The first-order valence-electron chi connectivity index (χ1n) is 7.00. The molecule has 0 bridgehead atoms. The van der Waals surface area contributed by atoms with Crippen LogP contribution >= 0.6 is 0 Å². The van der Waals surface area contributed by atoms with Crippen molar-refractivity contribution in [2.24, 2.45) is 11.3 Å². The number of carbonyl (C=O) groups excluding carboxylic acids is 2. The summed E-state index contributed by atoms with van der Waals surface area (Å²) in [4.78, 5) is 24.4. The first-order chi connectivity index (χ1) is 8.98. The van der Waals surface area contributed by atoms with E-state index in [1.165, 1.54) is 6.92 Å². The molecule has 19 heavy (non-hydrogen) atoms. The molecule has 0 spiro atoms. The van der Waals surface area contributed by atoms with E-state index in [4.69, 9.17) is 9.47 Å². The fourth-order valence-corrected chi connectivity index (χ4v) is 2.73. The van der Waals surface area contributed by atoms with Gasteiger partial charge < -0.3 is 14.6 Å². The van der Waals surface area contributed by atoms with Gasteiger partial charge in [-0.2, -0.15) is 0 Å². The van der Waals surface area contributed by atoms with Crippen molar-refractivity contribution in [3.05, 3.63) is 0 Å². The molecule has 2 atom stereocenters. The Morgan fingerprint density at radius 1 is 1.11 bits per heavy atom. The molecule has 2 unspecified atom stereocenters. The lowest BCUT2D eigenvalue weighted by atomic mass is 9.68. The quantitative estimate of drug-likeness (QED) is 0.609. The predicted octanol–water partition coefficient (Wildman–Crippen LogP) is 1.67. The third-order valence-corrected chi connectivity index (χ3v) is 3.87. The zero-order valence-electron chi connectivity index (χ0n) is 12.0. The Kier molecular flexibility index (Phi) is 5.79. The minimum Gasteiger partial charge on any atom is -0.465 e. The number of carbonyl (C=O) groups is 2. The van der Waals surface area contributed by atoms with Crippen LogP contribution in [0.4, 0.5) is 0 Å². The van der Waals surface area contributed by atoms with E-state index in [9.17, 15) is 14.7 Å². The summed E-state index contributed by atoms with van der Waals surface area (Å²) in [5, 5.41) is 10.1. The van der Waals surface area contributed by atoms with E-state index >= 15 is 0 Å². The molecule has 0 radical (unpaired) electrons. The summed E-state index contributed by atoms with van der Waals surface area (Å²) >= 11 is 0. The molecule has 0 heterocycles. The van der Waals surface area contributed by atoms with Crippen LogP contribution in [0.5, 0.6) is 0 Å². The predicted molar refractivity (Wildman–Crippen MR) is 69.3 cm³/mol. The van der Waals surface area contributed by atoms with Crippen molar-refractivity contribution in [2.45, 2.75) is 52.6 Å². The average Bonchev–Trinajstić information content (AvgIpc) is 2.39. The molecule has 5 heteroatoms. The number of aliphatic hydroxyl groups excluding tert-OH is 1. The lowest BCUT2D eigenvalue weighted by Gasteiger charge is -2.38. The van der Waals surface area contributed by atoms with Crippen LogP contribution in [-0.2, 0) is 19.1 Å². The SMILES string of the molecule is CCOC(=O)C(C)(C(=O)OCC)C1CCCCC1O. The van der Waals surface area contributed by atoms with Crippen LogP contribution in [0, 0.1) is 11.3 Å². The molecule has 110 valence electrons. The van der Waals surface area contributed by atoms with Crippen LogP contribution in [0.25, 0.3) is 0 Å². The van der Waals surface area contributed by atoms with Gasteiger partial charge in [0.15, 0.2) is 5.41 Å². The van der Waals surface area contributed by atoms with E-state index in [-0.39, 0.29) is 13.2 Å². The second kappa shape index (κ2) is 6.89. The van der Waals surface area contributed by atoms with Gasteiger partial charge in [-0.25, -0.2) is 0 Å². The third-order valence-electron chi connectivity index (χ3n) is 3.87. The monoisotopic (exact) mass is 272 g/mol. The molecule has 1 aliphatic carbocycles. The van der Waals surface area contributed by atoms with Gasteiger partial charge in [-0.15, -0.1) is 0 Å². The Morgan fingerprint density at radius 3 is 2.00 bits per heavy atom. The zero-order valence-corrected chi connectivity index (χ0v) is 12.0. The maximum Gasteiger partial charge on any atom is 0.323 e. The smallest absolute Gasteiger partial charge is 0.323 e. The molecular formula is C14H24O5. The highest BCUT2D eigenvalue weighted by atomic mass is 16.6. The van der Waals surface area contributed by atoms with E-state index in [1.807, 2.05) is 0 Å². The summed E-state index contributed by atoms with van der Waals surface area (Å²) in [6.07, 6.45) is 2.40. The standard InChI is InChI=1S/C14H24O5/c1-4-18-12(16)14(3,13(17)19-5-2)10-8-6-7-9-11(10)15/h10-11,15H,4-9H2,1-3H3. The molecule has 1 N–H and O–H groups in total. The first kappa shape index (κ1) is 16.0. The Morgan fingerprint density at radius 2 is 1.58 bits per heavy atom. The average molecular weight is 272 g/mol. The minimum atomic E-state index is -1.41. The molecule has 0 aliphatic heterocycles. The van der Waals surface area contributed by atoms with Crippen molar-refractivity contribution >= 4 is 11.9 Å². The van der Waals surface area contributed by atoms with Crippen LogP contribution < -0.4 is 0 Å². The molecule has 0 saturated heterocycles. The van der Waals surface area contributed by atoms with E-state index in [2.05, 4.69) is 0 Å². The fraction of sp³-hybridized carbons (Fsp3) is 0.857. The number of rotatable bonds is 5. The Hall–Kier alpha value is -1.10. The molecule has 1 aliphatic rings. The van der Waals surface area contributed by atoms with Gasteiger partial charge >= 0.3 is 11.9 Å². The molecule has 0 aromatic heterocycles. The normalized spacial score (nSPS) is 23.8. The van der Waals surface area contributed by atoms with Gasteiger partial charge in [0.25, 0.3) is 0 Å². The molecule has 5 nitrogen and oxygen atoms in total. The number of esters is 2. The molecule has 1 fully saturated rings. The van der Waals surface area contributed by atoms with Gasteiger partial charge in [0, 0.05) is 5.92 Å². The lowest BCUT2D eigenvalue weighted by Crippen LogP contribution is -2.50. The van der Waals surface area contributed by atoms with Crippen molar-refractivity contribution < 1.29 is 24.2 Å². The highest BCUT2D eigenvalue weighted by Gasteiger charge is 2.53. The number of hydrogen-bond donors (Lipinski definition) is 1. The molecular weight excluding hydrogens is 248 g/mol. The largest absolute Gasteiger partial charge is 0.465 e. The molecule has 0 aromatic rings. The summed E-state index contributed by atoms with van der Waals surface area (Å²) < 4.78 is 10.1. The Labute approximate surface area is 114 Å². The van der Waals surface area contributed by atoms with Crippen molar-refractivity contribution in [3.63, 3.8) is 0 Å². The second-order valence-corrected chi connectivity index (χ2v) is 5.10. The molecule has 1 saturated carbocycles. The summed E-state index contributed by atoms with van der Waals surface area (Å²) in [5.74, 6) is -1.63. The number of aliphatic hydroxyl groups is 1. The van der Waals surface area contributed by atoms with Crippen LogP contribution in [-0.4, -0.2) is 36.4 Å². The van der Waals surface area contributed by atoms with Gasteiger partial charge in [0.2, 0.25) is 0 Å². The summed E-state index contributed by atoms with van der Waals surface area (Å²) in [6.45, 7) is 5.33. The minimum absolute atomic E-state index is 0.205. The van der Waals surface area contributed by atoms with Gasteiger partial charge in [-0.1, -0.05) is 12.8 Å². The van der Waals surface area contributed by atoms with E-state index in [1.54, 1.807) is 13.8 Å². The van der Waals surface area contributed by atoms with Crippen molar-refractivity contribution in [2.75, 3.05) is 13.2 Å². The van der Waals surface area contributed by atoms with Gasteiger partial charge in [-0.3, -0.25) is 9.59 Å². The van der Waals surface area contributed by atoms with Crippen molar-refractivity contribution in [1.29, 1.82) is 0 Å². The Bertz CT molecular complexity index is 308. The maximum atomic E-state index is 12.2. The van der Waals surface area contributed by atoms with Gasteiger partial charge in [0.05, 0.1) is 19.3 Å². The number of ether oxygens (including phenoxy) is 2. The first-order valence-corrected chi connectivity index (χ1v) is 7.00. The summed E-state index contributed by atoms with van der Waals surface area (Å²) in [5.41, 5.74) is -1.41. The lowest BCUT2D eigenvalue weighted by molar-refractivity contribution is -0.180. The molecule has 1 rings (SSSR count). The molecule has 0 aromatic carbocycles. The van der Waals surface area contributed by atoms with Crippen LogP contribution in [0.1, 0.15) is 46.5 Å². The Balaban J connectivity index is 3.02. The van der Waals surface area contributed by atoms with Gasteiger partial charge in [-0.05, 0) is 33.6 Å². The highest BCUT2D eigenvalue weighted by Crippen LogP contribution is 2.40. The van der Waals surface area contributed by atoms with Crippen LogP contribution in [0.3, 0.4) is 0 Å². The van der Waals surface area contributed by atoms with Gasteiger partial charge in [0.1, 0.15) is 0 Å². The van der Waals surface area contributed by atoms with Crippen molar-refractivity contribution in [3.8, 4) is 0 Å². The maximum absolute atomic E-state index is 12.2. The third kappa shape index (κ3) is 3.26. The van der Waals surface area contributed by atoms with E-state index < -0.39 is 29.4 Å². The van der Waals surface area contributed by atoms with Crippen molar-refractivity contribution in [1.82, 2.24) is 0 Å². The van der Waals surface area contributed by atoms with Crippen LogP contribution in [0.2, 0.25) is 0 Å². The topological polar surface area (TPSA) is 72.8 Å². The highest BCUT2D eigenvalue weighted by molar-refractivity contribution is 6.00. The molecule has 0 amide bonds.